The number of carbonyl (C=O) groups is 2. The van der Waals surface area contributed by atoms with Crippen LogP contribution in [0, 0.1) is 11.8 Å². The van der Waals surface area contributed by atoms with E-state index < -0.39 is 0 Å². The van der Waals surface area contributed by atoms with Gasteiger partial charge in [0, 0.05) is 6.04 Å². The summed E-state index contributed by atoms with van der Waals surface area (Å²) in [7, 11) is 0. The molecule has 1 unspecified atom stereocenters. The van der Waals surface area contributed by atoms with Gasteiger partial charge in [0.05, 0.1) is 11.8 Å². The highest BCUT2D eigenvalue weighted by atomic mass is 16.2. The SMILES string of the molecule is CC(CCN)N1C(=O)[C@H]2CC[C@H]2C1=O. The van der Waals surface area contributed by atoms with Crippen molar-refractivity contribution < 1.29 is 9.59 Å². The number of carbonyl (C=O) groups excluding carboxylic acids is 2. The van der Waals surface area contributed by atoms with Crippen LogP contribution >= 0.6 is 0 Å². The average molecular weight is 196 g/mol. The topological polar surface area (TPSA) is 63.4 Å². The molecule has 0 aromatic rings. The Morgan fingerprint density at radius 3 is 2.21 bits per heavy atom. The molecule has 1 saturated heterocycles. The zero-order valence-corrected chi connectivity index (χ0v) is 8.40. The molecule has 3 atom stereocenters. The van der Waals surface area contributed by atoms with Gasteiger partial charge in [-0.2, -0.15) is 0 Å². The van der Waals surface area contributed by atoms with E-state index in [1.807, 2.05) is 6.92 Å². The molecule has 0 spiro atoms. The summed E-state index contributed by atoms with van der Waals surface area (Å²) < 4.78 is 0. The van der Waals surface area contributed by atoms with Crippen LogP contribution in [-0.4, -0.2) is 29.3 Å². The van der Waals surface area contributed by atoms with E-state index in [1.54, 1.807) is 0 Å². The number of rotatable bonds is 3. The third-order valence-corrected chi connectivity index (χ3v) is 3.41. The van der Waals surface area contributed by atoms with Crippen molar-refractivity contribution in [2.24, 2.45) is 17.6 Å². The summed E-state index contributed by atoms with van der Waals surface area (Å²) in [6.45, 7) is 2.42. The fraction of sp³-hybridized carbons (Fsp3) is 0.800. The van der Waals surface area contributed by atoms with E-state index in [-0.39, 0.29) is 29.7 Å². The first-order chi connectivity index (χ1) is 6.66. The lowest BCUT2D eigenvalue weighted by Crippen LogP contribution is -2.39. The zero-order valence-electron chi connectivity index (χ0n) is 8.40. The van der Waals surface area contributed by atoms with E-state index in [0.717, 1.165) is 12.8 Å². The lowest BCUT2D eigenvalue weighted by Gasteiger charge is -2.24. The molecule has 2 aliphatic rings. The molecular formula is C10H16N2O2. The molecule has 2 fully saturated rings. The fourth-order valence-electron chi connectivity index (χ4n) is 2.36. The smallest absolute Gasteiger partial charge is 0.233 e. The maximum absolute atomic E-state index is 11.8. The maximum Gasteiger partial charge on any atom is 0.233 e. The predicted octanol–water partition coefficient (Wildman–Crippen LogP) is 0.119. The Bertz CT molecular complexity index is 255. The molecule has 2 rings (SSSR count). The van der Waals surface area contributed by atoms with Crippen molar-refractivity contribution in [2.75, 3.05) is 6.54 Å². The fourth-order valence-corrected chi connectivity index (χ4v) is 2.36. The Balaban J connectivity index is 2.11. The van der Waals surface area contributed by atoms with Crippen molar-refractivity contribution in [3.05, 3.63) is 0 Å². The Morgan fingerprint density at radius 2 is 1.86 bits per heavy atom. The van der Waals surface area contributed by atoms with Crippen LogP contribution in [0.1, 0.15) is 26.2 Å². The number of hydrogen-bond donors (Lipinski definition) is 1. The first-order valence-electron chi connectivity index (χ1n) is 5.23. The summed E-state index contributed by atoms with van der Waals surface area (Å²) in [6.07, 6.45) is 2.49. The highest BCUT2D eigenvalue weighted by Crippen LogP contribution is 2.43. The standard InChI is InChI=1S/C10H16N2O2/c1-6(4-5-11)12-9(13)7-2-3-8(7)10(12)14/h6-8H,2-5,11H2,1H3/t6?,7-,8+. The first kappa shape index (κ1) is 9.65. The Hall–Kier alpha value is -0.900. The van der Waals surface area contributed by atoms with Crippen LogP contribution in [0.5, 0.6) is 0 Å². The van der Waals surface area contributed by atoms with Crippen LogP contribution in [0.4, 0.5) is 0 Å². The lowest BCUT2D eigenvalue weighted by atomic mass is 9.76. The van der Waals surface area contributed by atoms with Gasteiger partial charge >= 0.3 is 0 Å². The van der Waals surface area contributed by atoms with Crippen LogP contribution in [0.2, 0.25) is 0 Å². The number of nitrogens with two attached hydrogens (primary N) is 1. The Kier molecular flexibility index (Phi) is 2.31. The van der Waals surface area contributed by atoms with E-state index in [4.69, 9.17) is 5.73 Å². The molecular weight excluding hydrogens is 180 g/mol. The summed E-state index contributed by atoms with van der Waals surface area (Å²) in [4.78, 5) is 25.0. The average Bonchev–Trinajstić information content (AvgIpc) is 2.16. The molecule has 4 nitrogen and oxygen atoms in total. The van der Waals surface area contributed by atoms with Gasteiger partial charge < -0.3 is 5.73 Å². The number of hydrogen-bond acceptors (Lipinski definition) is 3. The summed E-state index contributed by atoms with van der Waals surface area (Å²) in [6, 6.07) is -0.0226. The second-order valence-electron chi connectivity index (χ2n) is 4.26. The van der Waals surface area contributed by atoms with Gasteiger partial charge in [-0.25, -0.2) is 0 Å². The van der Waals surface area contributed by atoms with Crippen molar-refractivity contribution in [3.63, 3.8) is 0 Å². The highest BCUT2D eigenvalue weighted by molar-refractivity contribution is 6.06. The largest absolute Gasteiger partial charge is 0.330 e. The molecule has 1 heterocycles. The van der Waals surface area contributed by atoms with Crippen molar-refractivity contribution in [1.82, 2.24) is 4.90 Å². The number of likely N-dealkylation sites (tertiary alicyclic amines) is 1. The maximum atomic E-state index is 11.8. The van der Waals surface area contributed by atoms with Crippen LogP contribution in [-0.2, 0) is 9.59 Å². The van der Waals surface area contributed by atoms with E-state index in [1.165, 1.54) is 4.90 Å². The van der Waals surface area contributed by atoms with Crippen LogP contribution in [0.15, 0.2) is 0 Å². The molecule has 0 aromatic carbocycles. The molecule has 0 radical (unpaired) electrons. The van der Waals surface area contributed by atoms with Gasteiger partial charge in [0.15, 0.2) is 0 Å². The lowest BCUT2D eigenvalue weighted by molar-refractivity contribution is -0.141. The van der Waals surface area contributed by atoms with Crippen LogP contribution in [0.25, 0.3) is 0 Å². The number of nitrogens with zero attached hydrogens (tertiary/aromatic N) is 1. The Labute approximate surface area is 83.4 Å². The molecule has 78 valence electrons. The van der Waals surface area contributed by atoms with E-state index in [2.05, 4.69) is 0 Å². The van der Waals surface area contributed by atoms with Crippen molar-refractivity contribution >= 4 is 11.8 Å². The molecule has 0 aromatic heterocycles. The van der Waals surface area contributed by atoms with E-state index >= 15 is 0 Å². The van der Waals surface area contributed by atoms with Crippen molar-refractivity contribution in [2.45, 2.75) is 32.2 Å². The third-order valence-electron chi connectivity index (χ3n) is 3.41. The Morgan fingerprint density at radius 1 is 1.36 bits per heavy atom. The van der Waals surface area contributed by atoms with Crippen LogP contribution in [0.3, 0.4) is 0 Å². The van der Waals surface area contributed by atoms with E-state index in [0.29, 0.717) is 13.0 Å². The predicted molar refractivity (Wildman–Crippen MR) is 51.2 cm³/mol. The molecule has 14 heavy (non-hydrogen) atoms. The molecule has 4 heteroatoms. The summed E-state index contributed by atoms with van der Waals surface area (Å²) in [5.74, 6) is 0.0739. The molecule has 1 aliphatic carbocycles. The summed E-state index contributed by atoms with van der Waals surface area (Å²) in [5.41, 5.74) is 5.42. The van der Waals surface area contributed by atoms with Crippen molar-refractivity contribution in [1.29, 1.82) is 0 Å². The molecule has 1 saturated carbocycles. The van der Waals surface area contributed by atoms with Gasteiger partial charge in [0.2, 0.25) is 11.8 Å². The zero-order chi connectivity index (χ0) is 10.3. The minimum absolute atomic E-state index is 0.00252. The summed E-state index contributed by atoms with van der Waals surface area (Å²) in [5, 5.41) is 0. The second-order valence-corrected chi connectivity index (χ2v) is 4.26. The first-order valence-corrected chi connectivity index (χ1v) is 5.23. The van der Waals surface area contributed by atoms with Gasteiger partial charge in [0.25, 0.3) is 0 Å². The van der Waals surface area contributed by atoms with Crippen molar-refractivity contribution in [3.8, 4) is 0 Å². The monoisotopic (exact) mass is 196 g/mol. The quantitative estimate of drug-likeness (QED) is 0.652. The van der Waals surface area contributed by atoms with Gasteiger partial charge in [0.1, 0.15) is 0 Å². The minimum atomic E-state index is -0.0226. The number of imide groups is 1. The molecule has 1 aliphatic heterocycles. The van der Waals surface area contributed by atoms with Gasteiger partial charge in [-0.15, -0.1) is 0 Å². The summed E-state index contributed by atoms with van der Waals surface area (Å²) >= 11 is 0. The van der Waals surface area contributed by atoms with Gasteiger partial charge in [-0.1, -0.05) is 0 Å². The number of fused-ring (bicyclic) bond motifs is 1. The second kappa shape index (κ2) is 3.35. The van der Waals surface area contributed by atoms with E-state index in [9.17, 15) is 9.59 Å². The normalized spacial score (nSPS) is 32.9. The van der Waals surface area contributed by atoms with Crippen LogP contribution < -0.4 is 5.73 Å². The van der Waals surface area contributed by atoms with Gasteiger partial charge in [-0.3, -0.25) is 14.5 Å². The number of amides is 2. The molecule has 2 amide bonds. The van der Waals surface area contributed by atoms with Gasteiger partial charge in [-0.05, 0) is 32.7 Å². The molecule has 2 N–H and O–H groups in total. The molecule has 0 bridgehead atoms. The minimum Gasteiger partial charge on any atom is -0.330 e. The highest BCUT2D eigenvalue weighted by Gasteiger charge is 2.53. The third kappa shape index (κ3) is 1.17.